The van der Waals surface area contributed by atoms with E-state index in [1.165, 1.54) is 0 Å². The first kappa shape index (κ1) is 17.3. The van der Waals surface area contributed by atoms with Crippen molar-refractivity contribution in [3.63, 3.8) is 0 Å². The second-order valence-corrected chi connectivity index (χ2v) is 6.88. The van der Waals surface area contributed by atoms with Gasteiger partial charge in [-0.05, 0) is 42.0 Å². The van der Waals surface area contributed by atoms with Crippen molar-refractivity contribution in [2.24, 2.45) is 5.92 Å². The van der Waals surface area contributed by atoms with Crippen molar-refractivity contribution in [2.45, 2.75) is 25.3 Å². The number of allylic oxidation sites excluding steroid dienone is 2. The molecule has 1 N–H and O–H groups in total. The van der Waals surface area contributed by atoms with Crippen molar-refractivity contribution < 1.29 is 19.4 Å². The Morgan fingerprint density at radius 1 is 1.19 bits per heavy atom. The van der Waals surface area contributed by atoms with Gasteiger partial charge < -0.3 is 20.0 Å². The lowest BCUT2D eigenvalue weighted by molar-refractivity contribution is -0.255. The minimum atomic E-state index is -1.19. The van der Waals surface area contributed by atoms with E-state index in [-0.39, 0.29) is 23.5 Å². The van der Waals surface area contributed by atoms with Crippen LogP contribution in [0.1, 0.15) is 57.1 Å². The molecule has 1 aliphatic carbocycles. The number of nitrogens with one attached hydrogen (secondary N) is 1. The molecule has 0 amide bonds. The van der Waals surface area contributed by atoms with Crippen LogP contribution in [0, 0.1) is 5.92 Å². The van der Waals surface area contributed by atoms with Gasteiger partial charge in [-0.1, -0.05) is 48.6 Å². The first-order valence-electron chi connectivity index (χ1n) is 9.14. The van der Waals surface area contributed by atoms with E-state index in [2.05, 4.69) is 17.5 Å². The maximum absolute atomic E-state index is 12.4. The van der Waals surface area contributed by atoms with Gasteiger partial charge in [-0.15, -0.1) is 0 Å². The number of hydrogen-bond donors (Lipinski definition) is 1. The molecule has 2 aromatic carbocycles. The topological polar surface area (TPSA) is 78.5 Å². The molecular formula is C22H20NO4-. The number of ether oxygens (including phenoxy) is 1. The zero-order valence-electron chi connectivity index (χ0n) is 15.0. The van der Waals surface area contributed by atoms with E-state index in [4.69, 9.17) is 4.74 Å². The number of carbonyl (C=O) groups is 2. The van der Waals surface area contributed by atoms with Crippen LogP contribution in [0.4, 0.5) is 5.69 Å². The number of fused-ring (bicyclic) bond motifs is 3. The Bertz CT molecular complexity index is 916. The summed E-state index contributed by atoms with van der Waals surface area (Å²) in [6.45, 7) is 2.11. The van der Waals surface area contributed by atoms with Crippen LogP contribution < -0.4 is 10.4 Å². The van der Waals surface area contributed by atoms with Crippen molar-refractivity contribution in [3.8, 4) is 0 Å². The molecule has 0 spiro atoms. The summed E-state index contributed by atoms with van der Waals surface area (Å²) in [7, 11) is 0. The van der Waals surface area contributed by atoms with Crippen molar-refractivity contribution in [1.82, 2.24) is 0 Å². The molecular weight excluding hydrogens is 342 g/mol. The van der Waals surface area contributed by atoms with Crippen molar-refractivity contribution in [2.75, 3.05) is 11.9 Å². The number of carboxylic acid groups (broad SMARTS) is 1. The van der Waals surface area contributed by atoms with Gasteiger partial charge in [-0.2, -0.15) is 0 Å². The Balaban J connectivity index is 1.75. The van der Waals surface area contributed by atoms with Gasteiger partial charge in [0.05, 0.1) is 29.9 Å². The minimum Gasteiger partial charge on any atom is -0.545 e. The van der Waals surface area contributed by atoms with Gasteiger partial charge in [0.1, 0.15) is 0 Å². The molecule has 2 aromatic rings. The summed E-state index contributed by atoms with van der Waals surface area (Å²) < 4.78 is 5.22. The van der Waals surface area contributed by atoms with Crippen LogP contribution in [0.5, 0.6) is 0 Å². The maximum atomic E-state index is 12.4. The first-order valence-corrected chi connectivity index (χ1v) is 9.14. The Labute approximate surface area is 157 Å². The largest absolute Gasteiger partial charge is 0.545 e. The van der Waals surface area contributed by atoms with Gasteiger partial charge in [0.2, 0.25) is 0 Å². The Hall–Kier alpha value is -3.08. The molecule has 4 rings (SSSR count). The lowest BCUT2D eigenvalue weighted by Gasteiger charge is -2.38. The van der Waals surface area contributed by atoms with Crippen molar-refractivity contribution >= 4 is 17.6 Å². The summed E-state index contributed by atoms with van der Waals surface area (Å²) in [5.74, 6) is -1.01. The molecule has 1 heterocycles. The highest BCUT2D eigenvalue weighted by Gasteiger charge is 2.39. The predicted octanol–water partition coefficient (Wildman–Crippen LogP) is 3.05. The third kappa shape index (κ3) is 2.99. The molecule has 138 valence electrons. The molecule has 0 aromatic heterocycles. The fraction of sp³-hybridized carbons (Fsp3) is 0.273. The van der Waals surface area contributed by atoms with Crippen LogP contribution >= 0.6 is 0 Å². The highest BCUT2D eigenvalue weighted by atomic mass is 16.5. The second-order valence-electron chi connectivity index (χ2n) is 6.88. The molecule has 2 aliphatic rings. The standard InChI is InChI=1S/C22H21NO4/c1-2-27-22(26)18-8-4-7-17-15-5-3-6-16(15)19(23-20(17)18)13-9-11-14(12-10-13)21(24)25/h3-5,7-12,15-16,19,23H,2,6H2,1H3,(H,24,25)/p-1/t15-,16+,19+/m0/s1. The molecule has 1 aliphatic heterocycles. The highest BCUT2D eigenvalue weighted by molar-refractivity contribution is 5.97. The monoisotopic (exact) mass is 362 g/mol. The van der Waals surface area contributed by atoms with Gasteiger partial charge in [0.15, 0.2) is 0 Å². The number of carboxylic acids is 1. The Kier molecular flexibility index (Phi) is 4.44. The average Bonchev–Trinajstić information content (AvgIpc) is 3.17. The van der Waals surface area contributed by atoms with E-state index < -0.39 is 5.97 Å². The van der Waals surface area contributed by atoms with Crippen molar-refractivity contribution in [3.05, 3.63) is 76.9 Å². The molecule has 0 fully saturated rings. The van der Waals surface area contributed by atoms with Crippen LogP contribution in [0.15, 0.2) is 54.6 Å². The van der Waals surface area contributed by atoms with Gasteiger partial charge in [-0.25, -0.2) is 4.79 Å². The fourth-order valence-electron chi connectivity index (χ4n) is 4.16. The summed E-state index contributed by atoms with van der Waals surface area (Å²) in [4.78, 5) is 23.4. The van der Waals surface area contributed by atoms with E-state index in [1.54, 1.807) is 25.1 Å². The fourth-order valence-corrected chi connectivity index (χ4v) is 4.16. The molecule has 5 nitrogen and oxygen atoms in total. The molecule has 0 bridgehead atoms. The van der Waals surface area contributed by atoms with Gasteiger partial charge in [-0.3, -0.25) is 0 Å². The average molecular weight is 362 g/mol. The number of para-hydroxylation sites is 1. The summed E-state index contributed by atoms with van der Waals surface area (Å²) in [5, 5.41) is 14.6. The zero-order chi connectivity index (χ0) is 19.0. The number of esters is 1. The highest BCUT2D eigenvalue weighted by Crippen LogP contribution is 2.50. The van der Waals surface area contributed by atoms with Gasteiger partial charge in [0.25, 0.3) is 0 Å². The third-order valence-electron chi connectivity index (χ3n) is 5.40. The van der Waals surface area contributed by atoms with Crippen molar-refractivity contribution in [1.29, 1.82) is 0 Å². The van der Waals surface area contributed by atoms with Gasteiger partial charge >= 0.3 is 5.97 Å². The number of benzene rings is 2. The number of aromatic carboxylic acids is 1. The maximum Gasteiger partial charge on any atom is 0.340 e. The lowest BCUT2D eigenvalue weighted by Crippen LogP contribution is -2.30. The summed E-state index contributed by atoms with van der Waals surface area (Å²) >= 11 is 0. The van der Waals surface area contributed by atoms with Crippen LogP contribution in [0.3, 0.4) is 0 Å². The lowest BCUT2D eigenvalue weighted by atomic mass is 9.76. The summed E-state index contributed by atoms with van der Waals surface area (Å²) in [6.07, 6.45) is 5.29. The molecule has 0 saturated carbocycles. The van der Waals surface area contributed by atoms with E-state index in [9.17, 15) is 14.7 Å². The SMILES string of the molecule is CCOC(=O)c1cccc2c1N[C@H](c1ccc(C(=O)[O-])cc1)[C@@H]1CC=C[C@H]21. The second kappa shape index (κ2) is 6.91. The van der Waals surface area contributed by atoms with Crippen LogP contribution in [0.25, 0.3) is 0 Å². The Morgan fingerprint density at radius 2 is 1.96 bits per heavy atom. The quantitative estimate of drug-likeness (QED) is 0.668. The van der Waals surface area contributed by atoms with Crippen LogP contribution in [-0.2, 0) is 4.74 Å². The van der Waals surface area contributed by atoms with E-state index >= 15 is 0 Å². The van der Waals surface area contributed by atoms with E-state index in [0.717, 1.165) is 23.2 Å². The number of anilines is 1. The molecule has 5 heteroatoms. The number of carbonyl (C=O) groups excluding carboxylic acids is 2. The third-order valence-corrected chi connectivity index (χ3v) is 5.40. The molecule has 0 unspecified atom stereocenters. The summed E-state index contributed by atoms with van der Waals surface area (Å²) in [6, 6.07) is 12.5. The first-order chi connectivity index (χ1) is 13.1. The number of rotatable bonds is 4. The van der Waals surface area contributed by atoms with Crippen LogP contribution in [-0.4, -0.2) is 18.5 Å². The normalized spacial score (nSPS) is 22.5. The molecule has 0 saturated heterocycles. The Morgan fingerprint density at radius 3 is 2.67 bits per heavy atom. The predicted molar refractivity (Wildman–Crippen MR) is 99.5 cm³/mol. The molecule has 3 atom stereocenters. The molecule has 0 radical (unpaired) electrons. The number of hydrogen-bond acceptors (Lipinski definition) is 5. The van der Waals surface area contributed by atoms with E-state index in [0.29, 0.717) is 18.1 Å². The van der Waals surface area contributed by atoms with Crippen LogP contribution in [0.2, 0.25) is 0 Å². The van der Waals surface area contributed by atoms with Gasteiger partial charge in [0, 0.05) is 5.92 Å². The summed E-state index contributed by atoms with van der Waals surface area (Å²) in [5.41, 5.74) is 3.58. The smallest absolute Gasteiger partial charge is 0.340 e. The molecule has 27 heavy (non-hydrogen) atoms. The zero-order valence-corrected chi connectivity index (χ0v) is 15.0. The minimum absolute atomic E-state index is 0.0242. The van der Waals surface area contributed by atoms with E-state index in [1.807, 2.05) is 24.3 Å².